The van der Waals surface area contributed by atoms with E-state index >= 15 is 0 Å². The Morgan fingerprint density at radius 2 is 1.95 bits per heavy atom. The van der Waals surface area contributed by atoms with Gasteiger partial charge in [0.05, 0.1) is 0 Å². The lowest BCUT2D eigenvalue weighted by Crippen LogP contribution is -2.54. The maximum absolute atomic E-state index is 13.5. The van der Waals surface area contributed by atoms with Gasteiger partial charge in [0, 0.05) is 5.69 Å². The quantitative estimate of drug-likeness (QED) is 0.887. The average molecular weight is 278 g/mol. The van der Waals surface area contributed by atoms with Crippen LogP contribution in [0.4, 0.5) is 10.1 Å². The van der Waals surface area contributed by atoms with E-state index in [4.69, 9.17) is 5.73 Å². The summed E-state index contributed by atoms with van der Waals surface area (Å²) in [6.45, 7) is 3.67. The van der Waals surface area contributed by atoms with Crippen molar-refractivity contribution in [2.24, 2.45) is 11.7 Å². The number of aryl methyl sites for hydroxylation is 1. The van der Waals surface area contributed by atoms with Gasteiger partial charge in [0.1, 0.15) is 11.4 Å². The molecule has 0 spiro atoms. The normalized spacial score (nSPS) is 19.4. The van der Waals surface area contributed by atoms with Crippen molar-refractivity contribution in [2.45, 2.75) is 51.5 Å². The van der Waals surface area contributed by atoms with Crippen molar-refractivity contribution in [2.75, 3.05) is 5.32 Å². The molecule has 1 aromatic carbocycles. The van der Waals surface area contributed by atoms with Gasteiger partial charge in [0.15, 0.2) is 0 Å². The number of benzene rings is 1. The summed E-state index contributed by atoms with van der Waals surface area (Å²) in [5.74, 6) is -0.466. The van der Waals surface area contributed by atoms with Crippen LogP contribution in [-0.4, -0.2) is 11.4 Å². The van der Waals surface area contributed by atoms with Crippen LogP contribution in [-0.2, 0) is 4.79 Å². The molecule has 3 N–H and O–H groups in total. The van der Waals surface area contributed by atoms with Crippen LogP contribution < -0.4 is 11.1 Å². The lowest BCUT2D eigenvalue weighted by atomic mass is 9.75. The first kappa shape index (κ1) is 14.8. The molecule has 1 aliphatic carbocycles. The Morgan fingerprint density at radius 1 is 1.30 bits per heavy atom. The fourth-order valence-electron chi connectivity index (χ4n) is 3.15. The molecule has 1 atom stereocenters. The first-order valence-electron chi connectivity index (χ1n) is 7.27. The molecule has 0 aromatic heterocycles. The number of carbonyl (C=O) groups is 1. The highest BCUT2D eigenvalue weighted by molar-refractivity contribution is 5.88. The third kappa shape index (κ3) is 3.11. The molecular weight excluding hydrogens is 255 g/mol. The van der Waals surface area contributed by atoms with Crippen molar-refractivity contribution in [1.82, 2.24) is 0 Å². The van der Waals surface area contributed by atoms with Crippen LogP contribution in [0.25, 0.3) is 0 Å². The number of nitrogens with one attached hydrogen (secondary N) is 1. The molecule has 1 unspecified atom stereocenters. The lowest BCUT2D eigenvalue weighted by molar-refractivity contribution is -0.123. The molecule has 2 rings (SSSR count). The predicted octanol–water partition coefficient (Wildman–Crippen LogP) is 3.37. The van der Waals surface area contributed by atoms with Crippen LogP contribution in [0, 0.1) is 18.7 Å². The molecule has 110 valence electrons. The summed E-state index contributed by atoms with van der Waals surface area (Å²) < 4.78 is 13.5. The molecule has 3 nitrogen and oxygen atoms in total. The van der Waals surface area contributed by atoms with Crippen molar-refractivity contribution in [3.63, 3.8) is 0 Å². The number of nitrogens with two attached hydrogens (primary N) is 1. The summed E-state index contributed by atoms with van der Waals surface area (Å²) in [6.07, 6.45) is 5.43. The standard InChI is InChI=1S/C16H23FN2O/c1-11-8-13(17)10-14(9-11)19-16(2,15(18)20)12-6-4-3-5-7-12/h8-10,12,19H,3-7H2,1-2H3,(H2,18,20). The summed E-state index contributed by atoms with van der Waals surface area (Å²) in [7, 11) is 0. The topological polar surface area (TPSA) is 55.1 Å². The molecule has 0 aliphatic heterocycles. The molecular formula is C16H23FN2O. The highest BCUT2D eigenvalue weighted by Gasteiger charge is 2.40. The van der Waals surface area contributed by atoms with Gasteiger partial charge in [0.2, 0.25) is 5.91 Å². The number of hydrogen-bond donors (Lipinski definition) is 2. The smallest absolute Gasteiger partial charge is 0.243 e. The summed E-state index contributed by atoms with van der Waals surface area (Å²) in [5, 5.41) is 3.19. The molecule has 1 aliphatic rings. The largest absolute Gasteiger partial charge is 0.371 e. The van der Waals surface area contributed by atoms with Crippen LogP contribution >= 0.6 is 0 Å². The SMILES string of the molecule is Cc1cc(F)cc(NC(C)(C(N)=O)C2CCCCC2)c1. The van der Waals surface area contributed by atoms with E-state index < -0.39 is 5.54 Å². The fraction of sp³-hybridized carbons (Fsp3) is 0.562. The predicted molar refractivity (Wildman–Crippen MR) is 78.9 cm³/mol. The monoisotopic (exact) mass is 278 g/mol. The first-order chi connectivity index (χ1) is 9.41. The number of anilines is 1. The molecule has 0 bridgehead atoms. The van der Waals surface area contributed by atoms with E-state index in [1.807, 2.05) is 19.9 Å². The van der Waals surface area contributed by atoms with Gasteiger partial charge >= 0.3 is 0 Å². The average Bonchev–Trinajstić information content (AvgIpc) is 2.38. The van der Waals surface area contributed by atoms with Gasteiger partial charge < -0.3 is 11.1 Å². The van der Waals surface area contributed by atoms with Gasteiger partial charge in [-0.05, 0) is 56.4 Å². The number of halogens is 1. The third-order valence-corrected chi connectivity index (χ3v) is 4.38. The highest BCUT2D eigenvalue weighted by Crippen LogP contribution is 2.35. The fourth-order valence-corrected chi connectivity index (χ4v) is 3.15. The lowest BCUT2D eigenvalue weighted by Gasteiger charge is -2.38. The highest BCUT2D eigenvalue weighted by atomic mass is 19.1. The first-order valence-corrected chi connectivity index (χ1v) is 7.27. The molecule has 4 heteroatoms. The molecule has 0 saturated heterocycles. The number of primary amides is 1. The van der Waals surface area contributed by atoms with E-state index in [9.17, 15) is 9.18 Å². The summed E-state index contributed by atoms with van der Waals surface area (Å²) in [5.41, 5.74) is 6.25. The molecule has 20 heavy (non-hydrogen) atoms. The Labute approximate surface area is 119 Å². The summed E-state index contributed by atoms with van der Waals surface area (Å²) in [4.78, 5) is 12.0. The van der Waals surface area contributed by atoms with Gasteiger partial charge in [-0.15, -0.1) is 0 Å². The zero-order valence-electron chi connectivity index (χ0n) is 12.2. The second-order valence-corrected chi connectivity index (χ2v) is 6.04. The Hall–Kier alpha value is -1.58. The molecule has 1 fully saturated rings. The van der Waals surface area contributed by atoms with Crippen molar-refractivity contribution in [3.8, 4) is 0 Å². The van der Waals surface area contributed by atoms with Gasteiger partial charge in [-0.25, -0.2) is 4.39 Å². The van der Waals surface area contributed by atoms with E-state index in [0.29, 0.717) is 5.69 Å². The zero-order valence-corrected chi connectivity index (χ0v) is 12.2. The molecule has 1 saturated carbocycles. The van der Waals surface area contributed by atoms with Crippen molar-refractivity contribution < 1.29 is 9.18 Å². The maximum atomic E-state index is 13.5. The van der Waals surface area contributed by atoms with Crippen LogP contribution in [0.15, 0.2) is 18.2 Å². The Morgan fingerprint density at radius 3 is 2.50 bits per heavy atom. The van der Waals surface area contributed by atoms with E-state index in [0.717, 1.165) is 31.2 Å². The van der Waals surface area contributed by atoms with Gasteiger partial charge in [-0.1, -0.05) is 19.3 Å². The molecule has 1 amide bonds. The number of carbonyl (C=O) groups excluding carboxylic acids is 1. The van der Waals surface area contributed by atoms with E-state index in [2.05, 4.69) is 5.32 Å². The molecule has 1 aromatic rings. The van der Waals surface area contributed by atoms with Crippen LogP contribution in [0.5, 0.6) is 0 Å². The van der Waals surface area contributed by atoms with Crippen LogP contribution in [0.2, 0.25) is 0 Å². The minimum Gasteiger partial charge on any atom is -0.371 e. The summed E-state index contributed by atoms with van der Waals surface area (Å²) in [6, 6.07) is 4.72. The number of amides is 1. The molecule has 0 heterocycles. The Balaban J connectivity index is 2.26. The number of hydrogen-bond acceptors (Lipinski definition) is 2. The van der Waals surface area contributed by atoms with Crippen LogP contribution in [0.3, 0.4) is 0 Å². The van der Waals surface area contributed by atoms with Crippen molar-refractivity contribution in [1.29, 1.82) is 0 Å². The third-order valence-electron chi connectivity index (χ3n) is 4.38. The number of rotatable bonds is 4. The van der Waals surface area contributed by atoms with E-state index in [1.54, 1.807) is 0 Å². The second-order valence-electron chi connectivity index (χ2n) is 6.04. The van der Waals surface area contributed by atoms with Crippen LogP contribution in [0.1, 0.15) is 44.6 Å². The van der Waals surface area contributed by atoms with Crippen molar-refractivity contribution in [3.05, 3.63) is 29.6 Å². The van der Waals surface area contributed by atoms with Gasteiger partial charge in [-0.2, -0.15) is 0 Å². The minimum atomic E-state index is -0.819. The van der Waals surface area contributed by atoms with E-state index in [-0.39, 0.29) is 17.6 Å². The maximum Gasteiger partial charge on any atom is 0.243 e. The van der Waals surface area contributed by atoms with Gasteiger partial charge in [-0.3, -0.25) is 4.79 Å². The van der Waals surface area contributed by atoms with Crippen molar-refractivity contribution >= 4 is 11.6 Å². The summed E-state index contributed by atoms with van der Waals surface area (Å²) >= 11 is 0. The van der Waals surface area contributed by atoms with Gasteiger partial charge in [0.25, 0.3) is 0 Å². The zero-order chi connectivity index (χ0) is 14.8. The molecule has 0 radical (unpaired) electrons. The Bertz CT molecular complexity index is 477. The Kier molecular flexibility index (Phi) is 4.31. The second kappa shape index (κ2) is 5.81. The van der Waals surface area contributed by atoms with E-state index in [1.165, 1.54) is 18.6 Å². The minimum absolute atomic E-state index is 0.206.